The monoisotopic (exact) mass is 272 g/mol. The number of non-ortho nitro benzene ring substituents is 1. The average molecular weight is 273 g/mol. The van der Waals surface area contributed by atoms with Gasteiger partial charge in [-0.1, -0.05) is 22.0 Å². The fourth-order valence-corrected chi connectivity index (χ4v) is 1.37. The highest BCUT2D eigenvalue weighted by molar-refractivity contribution is 9.09. The van der Waals surface area contributed by atoms with Crippen LogP contribution >= 0.6 is 15.9 Å². The van der Waals surface area contributed by atoms with E-state index < -0.39 is 4.92 Å². The molecule has 0 bridgehead atoms. The quantitative estimate of drug-likeness (QED) is 0.519. The van der Waals surface area contributed by atoms with Gasteiger partial charge in [0.25, 0.3) is 5.69 Å². The molecule has 1 N–H and O–H groups in total. The highest BCUT2D eigenvalue weighted by Gasteiger charge is 2.07. The number of rotatable bonds is 4. The summed E-state index contributed by atoms with van der Waals surface area (Å²) in [5, 5.41) is 13.6. The minimum Gasteiger partial charge on any atom is -0.326 e. The molecule has 1 aromatic rings. The zero-order chi connectivity index (χ0) is 11.3. The molecule has 1 rings (SSSR count). The van der Waals surface area contributed by atoms with Gasteiger partial charge in [0.15, 0.2) is 0 Å². The molecule has 0 heterocycles. The summed E-state index contributed by atoms with van der Waals surface area (Å²) in [4.78, 5) is 21.1. The molecule has 1 aromatic carbocycles. The lowest BCUT2D eigenvalue weighted by molar-refractivity contribution is -0.384. The van der Waals surface area contributed by atoms with Gasteiger partial charge in [0.1, 0.15) is 0 Å². The normalized spacial score (nSPS) is 9.67. The summed E-state index contributed by atoms with van der Waals surface area (Å²) in [7, 11) is 0. The van der Waals surface area contributed by atoms with E-state index in [0.717, 1.165) is 0 Å². The standard InChI is InChI=1S/C9H9BrN2O3/c10-5-4-9(13)11-7-2-1-3-8(6-7)12(14)15/h1-3,6H,4-5H2,(H,11,13). The van der Waals surface area contributed by atoms with Crippen LogP contribution in [0.25, 0.3) is 0 Å². The molecular weight excluding hydrogens is 264 g/mol. The van der Waals surface area contributed by atoms with Crippen molar-refractivity contribution in [2.75, 3.05) is 10.6 Å². The summed E-state index contributed by atoms with van der Waals surface area (Å²) in [6, 6.07) is 5.84. The Hall–Kier alpha value is -1.43. The van der Waals surface area contributed by atoms with Crippen molar-refractivity contribution in [3.8, 4) is 0 Å². The zero-order valence-electron chi connectivity index (χ0n) is 7.77. The van der Waals surface area contributed by atoms with Crippen LogP contribution in [0.4, 0.5) is 11.4 Å². The third kappa shape index (κ3) is 3.67. The molecule has 6 heteroatoms. The number of nitro groups is 1. The number of hydrogen-bond donors (Lipinski definition) is 1. The van der Waals surface area contributed by atoms with Crippen LogP contribution in [0.5, 0.6) is 0 Å². The number of amides is 1. The number of benzene rings is 1. The molecule has 0 saturated heterocycles. The van der Waals surface area contributed by atoms with Crippen LogP contribution in [0, 0.1) is 10.1 Å². The number of halogens is 1. The molecule has 0 aliphatic carbocycles. The predicted molar refractivity (Wildman–Crippen MR) is 60.1 cm³/mol. The van der Waals surface area contributed by atoms with E-state index in [0.29, 0.717) is 17.4 Å². The molecule has 0 radical (unpaired) electrons. The number of alkyl halides is 1. The molecule has 0 aliphatic heterocycles. The van der Waals surface area contributed by atoms with Gasteiger partial charge in [0.2, 0.25) is 5.91 Å². The lowest BCUT2D eigenvalue weighted by Gasteiger charge is -2.02. The summed E-state index contributed by atoms with van der Waals surface area (Å²) in [6.07, 6.45) is 0.336. The van der Waals surface area contributed by atoms with E-state index in [1.54, 1.807) is 6.07 Å². The van der Waals surface area contributed by atoms with Crippen LogP contribution in [0.1, 0.15) is 6.42 Å². The molecule has 5 nitrogen and oxygen atoms in total. The van der Waals surface area contributed by atoms with Crippen molar-refractivity contribution in [1.29, 1.82) is 0 Å². The Labute approximate surface area is 94.8 Å². The second-order valence-corrected chi connectivity index (χ2v) is 3.59. The van der Waals surface area contributed by atoms with Gasteiger partial charge in [-0.25, -0.2) is 0 Å². The molecule has 0 spiro atoms. The summed E-state index contributed by atoms with van der Waals surface area (Å²) in [5.74, 6) is -0.174. The van der Waals surface area contributed by atoms with Crippen LogP contribution in [0.3, 0.4) is 0 Å². The third-order valence-corrected chi connectivity index (χ3v) is 2.06. The lowest BCUT2D eigenvalue weighted by Crippen LogP contribution is -2.11. The van der Waals surface area contributed by atoms with Crippen LogP contribution < -0.4 is 5.32 Å². The van der Waals surface area contributed by atoms with Crippen molar-refractivity contribution in [2.45, 2.75) is 6.42 Å². The number of carbonyl (C=O) groups is 1. The van der Waals surface area contributed by atoms with Crippen molar-refractivity contribution in [2.24, 2.45) is 0 Å². The SMILES string of the molecule is O=C(CCBr)Nc1cccc([N+](=O)[O-])c1. The van der Waals surface area contributed by atoms with Gasteiger partial charge in [-0.05, 0) is 6.07 Å². The molecular formula is C9H9BrN2O3. The maximum Gasteiger partial charge on any atom is 0.271 e. The Bertz CT molecular complexity index is 381. The van der Waals surface area contributed by atoms with Crippen molar-refractivity contribution in [3.63, 3.8) is 0 Å². The van der Waals surface area contributed by atoms with E-state index in [1.807, 2.05) is 0 Å². The molecule has 0 saturated carbocycles. The topological polar surface area (TPSA) is 72.2 Å². The Morgan fingerprint density at radius 3 is 2.87 bits per heavy atom. The summed E-state index contributed by atoms with van der Waals surface area (Å²) < 4.78 is 0. The second-order valence-electron chi connectivity index (χ2n) is 2.79. The summed E-state index contributed by atoms with van der Waals surface area (Å²) in [5.41, 5.74) is 0.404. The summed E-state index contributed by atoms with van der Waals surface area (Å²) >= 11 is 3.13. The van der Waals surface area contributed by atoms with Crippen LogP contribution in [-0.2, 0) is 4.79 Å². The van der Waals surface area contributed by atoms with Crippen LogP contribution in [0.15, 0.2) is 24.3 Å². The van der Waals surface area contributed by atoms with Crippen molar-refractivity contribution in [3.05, 3.63) is 34.4 Å². The van der Waals surface area contributed by atoms with Crippen LogP contribution in [0.2, 0.25) is 0 Å². The van der Waals surface area contributed by atoms with E-state index >= 15 is 0 Å². The first-order chi connectivity index (χ1) is 7.13. The largest absolute Gasteiger partial charge is 0.326 e. The van der Waals surface area contributed by atoms with Gasteiger partial charge in [0, 0.05) is 29.6 Å². The number of hydrogen-bond acceptors (Lipinski definition) is 3. The fraction of sp³-hybridized carbons (Fsp3) is 0.222. The van der Waals surface area contributed by atoms with Gasteiger partial charge < -0.3 is 5.32 Å². The number of carbonyl (C=O) groups excluding carboxylic acids is 1. The number of nitrogens with one attached hydrogen (secondary N) is 1. The number of anilines is 1. The zero-order valence-corrected chi connectivity index (χ0v) is 9.36. The lowest BCUT2D eigenvalue weighted by atomic mass is 10.3. The minimum absolute atomic E-state index is 0.0355. The van der Waals surface area contributed by atoms with E-state index in [2.05, 4.69) is 21.2 Å². The van der Waals surface area contributed by atoms with Gasteiger partial charge in [-0.3, -0.25) is 14.9 Å². The first-order valence-electron chi connectivity index (χ1n) is 4.24. The van der Waals surface area contributed by atoms with Crippen molar-refractivity contribution >= 4 is 33.2 Å². The van der Waals surface area contributed by atoms with Crippen molar-refractivity contribution < 1.29 is 9.72 Å². The second kappa shape index (κ2) is 5.45. The first-order valence-corrected chi connectivity index (χ1v) is 5.36. The molecule has 1 amide bonds. The van der Waals surface area contributed by atoms with E-state index in [1.165, 1.54) is 18.2 Å². The maximum absolute atomic E-state index is 11.2. The Morgan fingerprint density at radius 1 is 1.53 bits per heavy atom. The van der Waals surface area contributed by atoms with Gasteiger partial charge in [-0.2, -0.15) is 0 Å². The van der Waals surface area contributed by atoms with E-state index in [-0.39, 0.29) is 11.6 Å². The molecule has 80 valence electrons. The maximum atomic E-state index is 11.2. The Morgan fingerprint density at radius 2 is 2.27 bits per heavy atom. The fourth-order valence-electron chi connectivity index (χ4n) is 1.01. The predicted octanol–water partition coefficient (Wildman–Crippen LogP) is 2.32. The number of nitrogens with zero attached hydrogens (tertiary/aromatic N) is 1. The first kappa shape index (κ1) is 11.6. The van der Waals surface area contributed by atoms with E-state index in [4.69, 9.17) is 0 Å². The number of nitro benzene ring substituents is 1. The molecule has 0 aromatic heterocycles. The molecule has 15 heavy (non-hydrogen) atoms. The molecule has 0 aliphatic rings. The van der Waals surface area contributed by atoms with Crippen LogP contribution in [-0.4, -0.2) is 16.2 Å². The smallest absolute Gasteiger partial charge is 0.271 e. The average Bonchev–Trinajstić information content (AvgIpc) is 2.18. The van der Waals surface area contributed by atoms with E-state index in [9.17, 15) is 14.9 Å². The van der Waals surface area contributed by atoms with Gasteiger partial charge in [0.05, 0.1) is 4.92 Å². The Balaban J connectivity index is 2.73. The highest BCUT2D eigenvalue weighted by atomic mass is 79.9. The van der Waals surface area contributed by atoms with Gasteiger partial charge in [-0.15, -0.1) is 0 Å². The molecule has 0 atom stereocenters. The molecule has 0 unspecified atom stereocenters. The van der Waals surface area contributed by atoms with Crippen molar-refractivity contribution in [1.82, 2.24) is 0 Å². The third-order valence-electron chi connectivity index (χ3n) is 1.66. The molecule has 0 fully saturated rings. The highest BCUT2D eigenvalue weighted by Crippen LogP contribution is 2.17. The summed E-state index contributed by atoms with van der Waals surface area (Å²) in [6.45, 7) is 0. The Kier molecular flexibility index (Phi) is 4.23. The minimum atomic E-state index is -0.500. The van der Waals surface area contributed by atoms with Gasteiger partial charge >= 0.3 is 0 Å².